The van der Waals surface area contributed by atoms with Gasteiger partial charge in [0.25, 0.3) is 0 Å². The van der Waals surface area contributed by atoms with E-state index in [0.29, 0.717) is 31.7 Å². The molecule has 0 saturated carbocycles. The summed E-state index contributed by atoms with van der Waals surface area (Å²) in [6, 6.07) is 16.6. The summed E-state index contributed by atoms with van der Waals surface area (Å²) in [5, 5.41) is 11.6. The van der Waals surface area contributed by atoms with E-state index in [1.165, 1.54) is 0 Å². The molecule has 3 rings (SSSR count). The molecule has 1 saturated heterocycles. The molecule has 1 fully saturated rings. The zero-order chi connectivity index (χ0) is 21.7. The summed E-state index contributed by atoms with van der Waals surface area (Å²) in [6.07, 6.45) is -0.339. The van der Waals surface area contributed by atoms with Gasteiger partial charge >= 0.3 is 12.1 Å². The lowest BCUT2D eigenvalue weighted by Gasteiger charge is -2.36. The van der Waals surface area contributed by atoms with Crippen molar-refractivity contribution >= 4 is 12.1 Å². The first-order chi connectivity index (χ1) is 14.2. The second-order valence-electron chi connectivity index (χ2n) is 8.34. The maximum atomic E-state index is 12.2. The number of carbonyl (C=O) groups is 2. The molecule has 160 valence electrons. The first-order valence-corrected chi connectivity index (χ1v) is 10.1. The number of carboxylic acid groups (broad SMARTS) is 1. The molecule has 1 atom stereocenters. The van der Waals surface area contributed by atoms with Crippen LogP contribution < -0.4 is 5.43 Å². The highest BCUT2D eigenvalue weighted by molar-refractivity contribution is 5.76. The summed E-state index contributed by atoms with van der Waals surface area (Å²) in [7, 11) is 0. The monoisotopic (exact) mass is 411 g/mol. The van der Waals surface area contributed by atoms with Crippen molar-refractivity contribution in [3.63, 3.8) is 0 Å². The van der Waals surface area contributed by atoms with Gasteiger partial charge in [-0.3, -0.25) is 4.79 Å². The molecule has 7 heteroatoms. The number of nitrogens with one attached hydrogen (secondary N) is 1. The number of hydrogen-bond acceptors (Lipinski definition) is 5. The van der Waals surface area contributed by atoms with Crippen LogP contribution in [-0.2, 0) is 9.53 Å². The first-order valence-electron chi connectivity index (χ1n) is 10.1. The third kappa shape index (κ3) is 5.81. The molecule has 2 N–H and O–H groups in total. The highest BCUT2D eigenvalue weighted by Crippen LogP contribution is 2.22. The average molecular weight is 412 g/mol. The minimum atomic E-state index is -0.947. The van der Waals surface area contributed by atoms with Gasteiger partial charge in [0.1, 0.15) is 11.6 Å². The lowest BCUT2D eigenvalue weighted by molar-refractivity contribution is -0.141. The average Bonchev–Trinajstić information content (AvgIpc) is 2.72. The fraction of sp³-hybridized carbons (Fsp3) is 0.391. The van der Waals surface area contributed by atoms with E-state index in [1.807, 2.05) is 80.4 Å². The molecule has 1 aliphatic rings. The van der Waals surface area contributed by atoms with E-state index in [4.69, 9.17) is 4.74 Å². The molecule has 2 aromatic carbocycles. The van der Waals surface area contributed by atoms with E-state index < -0.39 is 17.6 Å². The molecule has 1 amide bonds. The van der Waals surface area contributed by atoms with Crippen molar-refractivity contribution in [3.05, 3.63) is 60.2 Å². The van der Waals surface area contributed by atoms with Crippen LogP contribution in [0.3, 0.4) is 0 Å². The summed E-state index contributed by atoms with van der Waals surface area (Å²) < 4.78 is 5.40. The number of carboxylic acids is 1. The quantitative estimate of drug-likeness (QED) is 0.783. The van der Waals surface area contributed by atoms with Gasteiger partial charge in [-0.25, -0.2) is 15.2 Å². The maximum Gasteiger partial charge on any atom is 0.410 e. The number of amides is 1. The summed E-state index contributed by atoms with van der Waals surface area (Å²) in [6.45, 7) is 7.49. The zero-order valence-electron chi connectivity index (χ0n) is 17.7. The molecule has 1 unspecified atom stereocenters. The summed E-state index contributed by atoms with van der Waals surface area (Å²) in [4.78, 5) is 25.7. The third-order valence-electron chi connectivity index (χ3n) is 4.84. The van der Waals surface area contributed by atoms with Crippen LogP contribution in [0.15, 0.2) is 54.6 Å². The molecule has 0 radical (unpaired) electrons. The van der Waals surface area contributed by atoms with Gasteiger partial charge in [-0.05, 0) is 37.5 Å². The number of hydrazine groups is 1. The number of aliphatic carboxylic acids is 1. The molecule has 0 spiro atoms. The minimum absolute atomic E-state index is 0.339. The topological polar surface area (TPSA) is 82.1 Å². The molecule has 30 heavy (non-hydrogen) atoms. The number of nitrogens with zero attached hydrogens (tertiary/aromatic N) is 2. The van der Waals surface area contributed by atoms with Crippen LogP contribution in [0, 0.1) is 0 Å². The van der Waals surface area contributed by atoms with E-state index >= 15 is 0 Å². The largest absolute Gasteiger partial charge is 0.480 e. The van der Waals surface area contributed by atoms with Crippen LogP contribution in [-0.4, -0.2) is 58.9 Å². The van der Waals surface area contributed by atoms with Crippen molar-refractivity contribution in [2.24, 2.45) is 0 Å². The highest BCUT2D eigenvalue weighted by atomic mass is 16.6. The highest BCUT2D eigenvalue weighted by Gasteiger charge is 2.28. The molecule has 7 nitrogen and oxygen atoms in total. The number of carbonyl (C=O) groups excluding carboxylic acids is 1. The fourth-order valence-corrected chi connectivity index (χ4v) is 3.30. The predicted octanol–water partition coefficient (Wildman–Crippen LogP) is 3.54. The van der Waals surface area contributed by atoms with Crippen LogP contribution in [0.4, 0.5) is 4.79 Å². The van der Waals surface area contributed by atoms with Crippen molar-refractivity contribution in [3.8, 4) is 11.1 Å². The summed E-state index contributed by atoms with van der Waals surface area (Å²) in [5.41, 5.74) is 5.36. The molecule has 1 aliphatic heterocycles. The molecule has 0 bridgehead atoms. The molecule has 1 heterocycles. The van der Waals surface area contributed by atoms with Crippen molar-refractivity contribution in [2.75, 3.05) is 26.2 Å². The Morgan fingerprint density at radius 1 is 0.933 bits per heavy atom. The van der Waals surface area contributed by atoms with Gasteiger partial charge in [-0.1, -0.05) is 54.6 Å². The lowest BCUT2D eigenvalue weighted by Crippen LogP contribution is -2.55. The van der Waals surface area contributed by atoms with Gasteiger partial charge in [0, 0.05) is 26.2 Å². The standard InChI is InChI=1S/C23H29N3O4/c1-23(2,3)30-22(29)25-13-15-26(16-14-25)24-20(21(27)28)19-11-9-18(10-12-19)17-7-5-4-6-8-17/h4-12,20,24H,13-16H2,1-3H3,(H,27,28). The number of piperazine rings is 1. The Bertz CT molecular complexity index is 854. The van der Waals surface area contributed by atoms with Crippen molar-refractivity contribution in [1.82, 2.24) is 15.3 Å². The number of benzene rings is 2. The van der Waals surface area contributed by atoms with E-state index in [9.17, 15) is 14.7 Å². The van der Waals surface area contributed by atoms with Gasteiger partial charge in [-0.2, -0.15) is 0 Å². The minimum Gasteiger partial charge on any atom is -0.480 e. The van der Waals surface area contributed by atoms with Crippen LogP contribution in [0.25, 0.3) is 11.1 Å². The van der Waals surface area contributed by atoms with Crippen molar-refractivity contribution in [1.29, 1.82) is 0 Å². The van der Waals surface area contributed by atoms with E-state index in [1.54, 1.807) is 4.90 Å². The van der Waals surface area contributed by atoms with Crippen LogP contribution in [0.2, 0.25) is 0 Å². The van der Waals surface area contributed by atoms with Gasteiger partial charge < -0.3 is 14.7 Å². The van der Waals surface area contributed by atoms with E-state index in [0.717, 1.165) is 11.1 Å². The third-order valence-corrected chi connectivity index (χ3v) is 4.84. The molecule has 2 aromatic rings. The Kier molecular flexibility index (Phi) is 6.74. The molecule has 0 aliphatic carbocycles. The van der Waals surface area contributed by atoms with Gasteiger partial charge in [0.15, 0.2) is 0 Å². The van der Waals surface area contributed by atoms with Gasteiger partial charge in [0.2, 0.25) is 0 Å². The Labute approximate surface area is 177 Å². The van der Waals surface area contributed by atoms with Crippen LogP contribution >= 0.6 is 0 Å². The Morgan fingerprint density at radius 2 is 1.50 bits per heavy atom. The predicted molar refractivity (Wildman–Crippen MR) is 115 cm³/mol. The number of hydrogen-bond donors (Lipinski definition) is 2. The smallest absolute Gasteiger partial charge is 0.410 e. The van der Waals surface area contributed by atoms with Crippen LogP contribution in [0.1, 0.15) is 32.4 Å². The Balaban J connectivity index is 1.60. The normalized spacial score (nSPS) is 16.2. The lowest BCUT2D eigenvalue weighted by atomic mass is 10.0. The number of ether oxygens (including phenoxy) is 1. The summed E-state index contributed by atoms with van der Waals surface area (Å²) >= 11 is 0. The van der Waals surface area contributed by atoms with E-state index in [-0.39, 0.29) is 6.09 Å². The fourth-order valence-electron chi connectivity index (χ4n) is 3.30. The molecular formula is C23H29N3O4. The van der Waals surface area contributed by atoms with Crippen molar-refractivity contribution < 1.29 is 19.4 Å². The van der Waals surface area contributed by atoms with Gasteiger partial charge in [0.05, 0.1) is 0 Å². The Hall–Kier alpha value is -2.90. The molecular weight excluding hydrogens is 382 g/mol. The Morgan fingerprint density at radius 3 is 2.03 bits per heavy atom. The van der Waals surface area contributed by atoms with Crippen LogP contribution in [0.5, 0.6) is 0 Å². The second-order valence-corrected chi connectivity index (χ2v) is 8.34. The second kappa shape index (κ2) is 9.28. The van der Waals surface area contributed by atoms with Gasteiger partial charge in [-0.15, -0.1) is 0 Å². The summed E-state index contributed by atoms with van der Waals surface area (Å²) in [5.74, 6) is -0.947. The maximum absolute atomic E-state index is 12.2. The SMILES string of the molecule is CC(C)(C)OC(=O)N1CCN(NC(C(=O)O)c2ccc(-c3ccccc3)cc2)CC1. The van der Waals surface area contributed by atoms with E-state index in [2.05, 4.69) is 5.43 Å². The van der Waals surface area contributed by atoms with Crippen molar-refractivity contribution in [2.45, 2.75) is 32.4 Å². The molecule has 0 aromatic heterocycles. The zero-order valence-corrected chi connectivity index (χ0v) is 17.7. The first kappa shape index (κ1) is 21.8. The number of rotatable bonds is 5.